The highest BCUT2D eigenvalue weighted by molar-refractivity contribution is 5.50. The largest absolute Gasteiger partial charge is 0.383 e. The molecule has 0 saturated carbocycles. The van der Waals surface area contributed by atoms with Crippen LogP contribution in [0.25, 0.3) is 0 Å². The Labute approximate surface area is 159 Å². The van der Waals surface area contributed by atoms with E-state index in [1.807, 2.05) is 0 Å². The molecule has 4 N–H and O–H groups in total. The summed E-state index contributed by atoms with van der Waals surface area (Å²) in [7, 11) is 2.09. The standard InChI is InChI=1S/C18H29N9/c1-25-16(12-26-7-3-2-4-8-26)23-24-17(25)13-6-5-9-27(11-13)15-10-14(19)21-18(20)22-15/h10,13H,2-9,11-12H2,1H3,(H4,19,20,21,22). The van der Waals surface area contributed by atoms with Crippen LogP contribution in [-0.2, 0) is 13.6 Å². The van der Waals surface area contributed by atoms with Gasteiger partial charge in [-0.25, -0.2) is 0 Å². The van der Waals surface area contributed by atoms with Gasteiger partial charge >= 0.3 is 0 Å². The van der Waals surface area contributed by atoms with Crippen molar-refractivity contribution in [3.63, 3.8) is 0 Å². The Morgan fingerprint density at radius 1 is 1.04 bits per heavy atom. The summed E-state index contributed by atoms with van der Waals surface area (Å²) in [5.74, 6) is 3.85. The first-order valence-electron chi connectivity index (χ1n) is 9.85. The Morgan fingerprint density at radius 2 is 1.85 bits per heavy atom. The van der Waals surface area contributed by atoms with E-state index >= 15 is 0 Å². The van der Waals surface area contributed by atoms with E-state index in [0.717, 1.165) is 63.0 Å². The summed E-state index contributed by atoms with van der Waals surface area (Å²) in [6, 6.07) is 1.79. The van der Waals surface area contributed by atoms with Gasteiger partial charge in [-0.1, -0.05) is 6.42 Å². The van der Waals surface area contributed by atoms with Crippen molar-refractivity contribution in [1.82, 2.24) is 29.6 Å². The van der Waals surface area contributed by atoms with Crippen LogP contribution >= 0.6 is 0 Å². The van der Waals surface area contributed by atoms with Crippen molar-refractivity contribution in [2.24, 2.45) is 7.05 Å². The highest BCUT2D eigenvalue weighted by Gasteiger charge is 2.27. The number of aromatic nitrogens is 5. The van der Waals surface area contributed by atoms with Crippen molar-refractivity contribution in [3.05, 3.63) is 17.7 Å². The van der Waals surface area contributed by atoms with Crippen LogP contribution in [0.4, 0.5) is 17.6 Å². The number of nitrogen functional groups attached to an aromatic ring is 2. The zero-order chi connectivity index (χ0) is 18.8. The van der Waals surface area contributed by atoms with Crippen molar-refractivity contribution >= 4 is 17.6 Å². The Balaban J connectivity index is 1.48. The number of piperidine rings is 2. The lowest BCUT2D eigenvalue weighted by Crippen LogP contribution is -2.36. The summed E-state index contributed by atoms with van der Waals surface area (Å²) in [5, 5.41) is 9.04. The maximum absolute atomic E-state index is 5.84. The molecule has 0 spiro atoms. The van der Waals surface area contributed by atoms with Gasteiger partial charge in [0.1, 0.15) is 23.3 Å². The van der Waals surface area contributed by atoms with Crippen LogP contribution in [0, 0.1) is 0 Å². The average Bonchev–Trinajstić information content (AvgIpc) is 3.02. The molecule has 2 aliphatic heterocycles. The van der Waals surface area contributed by atoms with Gasteiger partial charge in [0.15, 0.2) is 0 Å². The smallest absolute Gasteiger partial charge is 0.223 e. The highest BCUT2D eigenvalue weighted by Crippen LogP contribution is 2.29. The fourth-order valence-corrected chi connectivity index (χ4v) is 4.22. The molecule has 9 heteroatoms. The number of anilines is 3. The summed E-state index contributed by atoms with van der Waals surface area (Å²) in [5.41, 5.74) is 11.6. The summed E-state index contributed by atoms with van der Waals surface area (Å²) in [6.07, 6.45) is 6.09. The second kappa shape index (κ2) is 7.67. The van der Waals surface area contributed by atoms with E-state index < -0.39 is 0 Å². The fraction of sp³-hybridized carbons (Fsp3) is 0.667. The van der Waals surface area contributed by atoms with Gasteiger partial charge in [0.05, 0.1) is 6.54 Å². The summed E-state index contributed by atoms with van der Waals surface area (Å²) >= 11 is 0. The second-order valence-corrected chi connectivity index (χ2v) is 7.66. The third kappa shape index (κ3) is 3.97. The van der Waals surface area contributed by atoms with Crippen LogP contribution in [0.3, 0.4) is 0 Å². The van der Waals surface area contributed by atoms with Crippen LogP contribution in [0.5, 0.6) is 0 Å². The van der Waals surface area contributed by atoms with E-state index in [9.17, 15) is 0 Å². The minimum atomic E-state index is 0.217. The Hall–Kier alpha value is -2.42. The molecular weight excluding hydrogens is 342 g/mol. The van der Waals surface area contributed by atoms with Gasteiger partial charge in [-0.15, -0.1) is 10.2 Å². The molecule has 1 unspecified atom stereocenters. The molecule has 2 aliphatic rings. The van der Waals surface area contributed by atoms with Gasteiger partial charge in [0, 0.05) is 32.1 Å². The molecule has 0 amide bonds. The molecule has 0 radical (unpaired) electrons. The average molecular weight is 371 g/mol. The lowest BCUT2D eigenvalue weighted by molar-refractivity contribution is 0.213. The number of rotatable bonds is 4. The SMILES string of the molecule is Cn1c(CN2CCCCC2)nnc1C1CCCN(c2cc(N)nc(N)n2)C1. The van der Waals surface area contributed by atoms with Gasteiger partial charge in [-0.05, 0) is 38.8 Å². The van der Waals surface area contributed by atoms with Crippen LogP contribution in [0.15, 0.2) is 6.07 Å². The van der Waals surface area contributed by atoms with Crippen LogP contribution in [0.2, 0.25) is 0 Å². The molecule has 27 heavy (non-hydrogen) atoms. The monoisotopic (exact) mass is 371 g/mol. The predicted molar refractivity (Wildman–Crippen MR) is 105 cm³/mol. The summed E-state index contributed by atoms with van der Waals surface area (Å²) < 4.78 is 2.19. The fourth-order valence-electron chi connectivity index (χ4n) is 4.22. The first-order chi connectivity index (χ1) is 13.1. The quantitative estimate of drug-likeness (QED) is 0.822. The molecule has 4 heterocycles. The van der Waals surface area contributed by atoms with Gasteiger partial charge in [0.2, 0.25) is 5.95 Å². The summed E-state index contributed by atoms with van der Waals surface area (Å²) in [6.45, 7) is 4.99. The normalized spacial score (nSPS) is 21.5. The predicted octanol–water partition coefficient (Wildman–Crippen LogP) is 1.14. The van der Waals surface area contributed by atoms with Crippen LogP contribution < -0.4 is 16.4 Å². The van der Waals surface area contributed by atoms with Gasteiger partial charge in [-0.3, -0.25) is 4.90 Å². The van der Waals surface area contributed by atoms with Gasteiger partial charge in [-0.2, -0.15) is 9.97 Å². The first-order valence-corrected chi connectivity index (χ1v) is 9.85. The molecule has 2 aromatic heterocycles. The molecule has 146 valence electrons. The van der Waals surface area contributed by atoms with E-state index in [0.29, 0.717) is 11.7 Å². The molecule has 1 atom stereocenters. The molecular formula is C18H29N9. The van der Waals surface area contributed by atoms with E-state index in [1.54, 1.807) is 6.07 Å². The maximum atomic E-state index is 5.84. The molecule has 4 rings (SSSR count). The number of hydrogen-bond donors (Lipinski definition) is 2. The topological polar surface area (TPSA) is 115 Å². The molecule has 2 aromatic rings. The van der Waals surface area contributed by atoms with Crippen molar-refractivity contribution in [1.29, 1.82) is 0 Å². The summed E-state index contributed by atoms with van der Waals surface area (Å²) in [4.78, 5) is 13.0. The van der Waals surface area contributed by atoms with Crippen molar-refractivity contribution in [2.75, 3.05) is 42.5 Å². The minimum Gasteiger partial charge on any atom is -0.383 e. The molecule has 9 nitrogen and oxygen atoms in total. The van der Waals surface area contributed by atoms with E-state index in [1.165, 1.54) is 19.3 Å². The second-order valence-electron chi connectivity index (χ2n) is 7.66. The van der Waals surface area contributed by atoms with Crippen molar-refractivity contribution < 1.29 is 0 Å². The van der Waals surface area contributed by atoms with Gasteiger partial charge in [0.25, 0.3) is 0 Å². The first kappa shape index (κ1) is 18.0. The number of nitrogens with two attached hydrogens (primary N) is 2. The highest BCUT2D eigenvalue weighted by atomic mass is 15.3. The molecule has 0 bridgehead atoms. The van der Waals surface area contributed by atoms with E-state index in [2.05, 4.69) is 41.6 Å². The van der Waals surface area contributed by atoms with Crippen molar-refractivity contribution in [2.45, 2.75) is 44.6 Å². The number of nitrogens with zero attached hydrogens (tertiary/aromatic N) is 7. The van der Waals surface area contributed by atoms with E-state index in [4.69, 9.17) is 11.5 Å². The number of likely N-dealkylation sites (tertiary alicyclic amines) is 1. The van der Waals surface area contributed by atoms with Crippen molar-refractivity contribution in [3.8, 4) is 0 Å². The molecule has 2 fully saturated rings. The third-order valence-corrected chi connectivity index (χ3v) is 5.67. The maximum Gasteiger partial charge on any atom is 0.223 e. The molecule has 0 aromatic carbocycles. The molecule has 2 saturated heterocycles. The lowest BCUT2D eigenvalue weighted by atomic mass is 9.97. The number of hydrogen-bond acceptors (Lipinski definition) is 8. The van der Waals surface area contributed by atoms with Crippen LogP contribution in [0.1, 0.15) is 49.7 Å². The van der Waals surface area contributed by atoms with E-state index in [-0.39, 0.29) is 5.95 Å². The third-order valence-electron chi connectivity index (χ3n) is 5.67. The van der Waals surface area contributed by atoms with Crippen LogP contribution in [-0.4, -0.2) is 55.8 Å². The zero-order valence-electron chi connectivity index (χ0n) is 16.0. The Bertz CT molecular complexity index is 761. The Kier molecular flexibility index (Phi) is 5.11. The minimum absolute atomic E-state index is 0.217. The Morgan fingerprint density at radius 3 is 2.63 bits per heavy atom. The zero-order valence-corrected chi connectivity index (χ0v) is 16.0. The van der Waals surface area contributed by atoms with Gasteiger partial charge < -0.3 is 20.9 Å². The lowest BCUT2D eigenvalue weighted by Gasteiger charge is -2.33. The molecule has 0 aliphatic carbocycles.